The molecule has 0 bridgehead atoms. The molecule has 0 aliphatic rings. The maximum Gasteiger partial charge on any atom is 0.361 e. The number of benzene rings is 3. The van der Waals surface area contributed by atoms with Crippen LogP contribution in [0.4, 0.5) is 5.69 Å². The number of hydrogen-bond donors (Lipinski definition) is 2. The number of aliphatic imine (C=N–C) groups is 1. The maximum absolute atomic E-state index is 13.4. The summed E-state index contributed by atoms with van der Waals surface area (Å²) < 4.78 is 24.5. The normalized spacial score (nSPS) is 12.4. The Morgan fingerprint density at radius 2 is 1.68 bits per heavy atom. The van der Waals surface area contributed by atoms with Crippen LogP contribution in [0.1, 0.15) is 25.0 Å². The molecule has 0 radical (unpaired) electrons. The molecule has 0 saturated carbocycles. The topological polar surface area (TPSA) is 83.9 Å². The first-order valence-corrected chi connectivity index (χ1v) is 13.8. The molecule has 0 fully saturated rings. The van der Waals surface area contributed by atoms with Gasteiger partial charge < -0.3 is 19.1 Å². The number of thioether (sulfide) groups is 1. The lowest BCUT2D eigenvalue weighted by molar-refractivity contribution is 0.230. The molecule has 4 aromatic rings. The number of aromatic nitrogens is 1. The summed E-state index contributed by atoms with van der Waals surface area (Å²) in [6.07, 6.45) is 2.03. The van der Waals surface area contributed by atoms with E-state index in [0.717, 1.165) is 16.1 Å². The maximum atomic E-state index is 13.4. The van der Waals surface area contributed by atoms with Crippen LogP contribution in [0.25, 0.3) is 10.9 Å². The highest BCUT2D eigenvalue weighted by atomic mass is 32.2. The molecule has 0 spiro atoms. The van der Waals surface area contributed by atoms with Crippen molar-refractivity contribution in [1.82, 2.24) is 4.98 Å². The molecule has 2 N–H and O–H groups in total. The number of rotatable bonds is 9. The summed E-state index contributed by atoms with van der Waals surface area (Å²) in [4.78, 5) is 9.08. The second-order valence-corrected chi connectivity index (χ2v) is 10.3. The summed E-state index contributed by atoms with van der Waals surface area (Å²) in [6, 6.07) is 22.8. The summed E-state index contributed by atoms with van der Waals surface area (Å²) in [5, 5.41) is 12.1. The minimum absolute atomic E-state index is 0.0156. The van der Waals surface area contributed by atoms with E-state index in [4.69, 9.17) is 14.0 Å². The van der Waals surface area contributed by atoms with Gasteiger partial charge in [-0.1, -0.05) is 30.3 Å². The van der Waals surface area contributed by atoms with Gasteiger partial charge in [0.25, 0.3) is 0 Å². The zero-order valence-corrected chi connectivity index (χ0v) is 21.0. The van der Waals surface area contributed by atoms with Crippen molar-refractivity contribution < 1.29 is 18.7 Å². The molecule has 8 heteroatoms. The van der Waals surface area contributed by atoms with E-state index in [1.807, 2.05) is 60.9 Å². The number of nitrogens with zero attached hydrogens (tertiary/aromatic N) is 1. The Morgan fingerprint density at radius 3 is 2.29 bits per heavy atom. The predicted molar refractivity (Wildman–Crippen MR) is 140 cm³/mol. The van der Waals surface area contributed by atoms with Crippen molar-refractivity contribution in [3.05, 3.63) is 83.9 Å². The molecule has 0 saturated heterocycles. The van der Waals surface area contributed by atoms with Gasteiger partial charge in [-0.2, -0.15) is 0 Å². The standard InChI is InChI=1S/C26H27N2O4PS/c1-4-31-33(30,32-5-2)20-13-16-23-22(17-20)24(26(29)28-23)25(18-9-7-6-8-10-18)27-19-11-14-21(34-3)15-12-19/h6-17,28-29H,4-5H2,1-3H3. The van der Waals surface area contributed by atoms with Gasteiger partial charge in [0.1, 0.15) is 0 Å². The molecule has 0 atom stereocenters. The first-order valence-electron chi connectivity index (χ1n) is 11.0. The predicted octanol–water partition coefficient (Wildman–Crippen LogP) is 6.66. The van der Waals surface area contributed by atoms with Crippen LogP contribution in [-0.2, 0) is 13.6 Å². The summed E-state index contributed by atoms with van der Waals surface area (Å²) in [5.41, 5.74) is 3.42. The minimum atomic E-state index is -3.50. The van der Waals surface area contributed by atoms with E-state index in [0.29, 0.717) is 27.5 Å². The van der Waals surface area contributed by atoms with Gasteiger partial charge in [0, 0.05) is 21.4 Å². The lowest BCUT2D eigenvalue weighted by Crippen LogP contribution is -2.11. The largest absolute Gasteiger partial charge is 0.494 e. The second-order valence-electron chi connectivity index (χ2n) is 7.44. The fraction of sp³-hybridized carbons (Fsp3) is 0.192. The van der Waals surface area contributed by atoms with Crippen molar-refractivity contribution in [2.75, 3.05) is 19.5 Å². The number of H-pyrrole nitrogens is 1. The smallest absolute Gasteiger partial charge is 0.361 e. The zero-order chi connectivity index (χ0) is 24.1. The van der Waals surface area contributed by atoms with Gasteiger partial charge in [0.15, 0.2) is 5.88 Å². The molecular weight excluding hydrogens is 467 g/mol. The van der Waals surface area contributed by atoms with E-state index in [-0.39, 0.29) is 19.1 Å². The van der Waals surface area contributed by atoms with Crippen LogP contribution in [0.3, 0.4) is 0 Å². The Hall–Kier alpha value is -2.83. The Labute approximate surface area is 203 Å². The monoisotopic (exact) mass is 494 g/mol. The van der Waals surface area contributed by atoms with Gasteiger partial charge in [-0.15, -0.1) is 11.8 Å². The number of nitrogens with one attached hydrogen (secondary N) is 1. The molecule has 4 rings (SSSR count). The molecule has 176 valence electrons. The van der Waals surface area contributed by atoms with E-state index >= 15 is 0 Å². The highest BCUT2D eigenvalue weighted by Gasteiger charge is 2.28. The summed E-state index contributed by atoms with van der Waals surface area (Å²) >= 11 is 1.66. The van der Waals surface area contributed by atoms with Crippen molar-refractivity contribution in [3.8, 4) is 5.88 Å². The van der Waals surface area contributed by atoms with Crippen LogP contribution in [0.15, 0.2) is 82.7 Å². The average Bonchev–Trinajstić information content (AvgIpc) is 3.18. The minimum Gasteiger partial charge on any atom is -0.494 e. The van der Waals surface area contributed by atoms with Crippen LogP contribution >= 0.6 is 19.4 Å². The van der Waals surface area contributed by atoms with Crippen LogP contribution in [0.5, 0.6) is 5.88 Å². The molecule has 0 aliphatic heterocycles. The Morgan fingerprint density at radius 1 is 1.00 bits per heavy atom. The van der Waals surface area contributed by atoms with Crippen molar-refractivity contribution in [2.24, 2.45) is 4.99 Å². The van der Waals surface area contributed by atoms with Crippen LogP contribution < -0.4 is 5.30 Å². The highest BCUT2D eigenvalue weighted by Crippen LogP contribution is 2.47. The molecule has 1 aromatic heterocycles. The third-order valence-corrected chi connectivity index (χ3v) is 8.12. The first-order chi connectivity index (χ1) is 16.5. The van der Waals surface area contributed by atoms with E-state index in [2.05, 4.69) is 4.98 Å². The molecule has 0 amide bonds. The van der Waals surface area contributed by atoms with Gasteiger partial charge in [0.2, 0.25) is 0 Å². The molecule has 1 heterocycles. The Balaban J connectivity index is 1.93. The van der Waals surface area contributed by atoms with E-state index in [9.17, 15) is 9.67 Å². The molecule has 0 unspecified atom stereocenters. The van der Waals surface area contributed by atoms with Crippen LogP contribution in [0, 0.1) is 0 Å². The number of hydrogen-bond acceptors (Lipinski definition) is 6. The van der Waals surface area contributed by atoms with Gasteiger partial charge in [-0.25, -0.2) is 4.99 Å². The van der Waals surface area contributed by atoms with Gasteiger partial charge in [-0.3, -0.25) is 4.57 Å². The second kappa shape index (κ2) is 10.6. The summed E-state index contributed by atoms with van der Waals surface area (Å²) in [5.74, 6) is -0.0156. The molecule has 34 heavy (non-hydrogen) atoms. The molecular formula is C26H27N2O4PS. The lowest BCUT2D eigenvalue weighted by atomic mass is 10.0. The summed E-state index contributed by atoms with van der Waals surface area (Å²) in [7, 11) is -3.50. The SMILES string of the molecule is CCOP(=O)(OCC)c1ccc2[nH]c(O)c(C(=Nc3ccc(SC)cc3)c3ccccc3)c2c1. The first kappa shape index (κ1) is 24.3. The quantitative estimate of drug-likeness (QED) is 0.155. The van der Waals surface area contributed by atoms with Crippen LogP contribution in [0.2, 0.25) is 0 Å². The highest BCUT2D eigenvalue weighted by molar-refractivity contribution is 7.98. The van der Waals surface area contributed by atoms with Gasteiger partial charge >= 0.3 is 7.60 Å². The fourth-order valence-corrected chi connectivity index (χ4v) is 5.75. The van der Waals surface area contributed by atoms with Crippen molar-refractivity contribution in [3.63, 3.8) is 0 Å². The molecule has 6 nitrogen and oxygen atoms in total. The third-order valence-electron chi connectivity index (χ3n) is 5.27. The lowest BCUT2D eigenvalue weighted by Gasteiger charge is -2.17. The molecule has 3 aromatic carbocycles. The van der Waals surface area contributed by atoms with Crippen molar-refractivity contribution >= 4 is 47.0 Å². The Kier molecular flexibility index (Phi) is 7.59. The van der Waals surface area contributed by atoms with Crippen molar-refractivity contribution in [1.29, 1.82) is 0 Å². The van der Waals surface area contributed by atoms with Gasteiger partial charge in [-0.05, 0) is 62.6 Å². The average molecular weight is 495 g/mol. The van der Waals surface area contributed by atoms with Crippen molar-refractivity contribution in [2.45, 2.75) is 18.7 Å². The number of aromatic hydroxyl groups is 1. The number of aromatic amines is 1. The van der Waals surface area contributed by atoms with E-state index in [1.165, 1.54) is 0 Å². The Bertz CT molecular complexity index is 1340. The van der Waals surface area contributed by atoms with E-state index in [1.54, 1.807) is 43.8 Å². The van der Waals surface area contributed by atoms with E-state index < -0.39 is 7.60 Å². The van der Waals surface area contributed by atoms with Gasteiger partial charge in [0.05, 0.1) is 35.5 Å². The molecule has 0 aliphatic carbocycles. The zero-order valence-electron chi connectivity index (χ0n) is 19.3. The third kappa shape index (κ3) is 4.98. The van der Waals surface area contributed by atoms with Crippen LogP contribution in [-0.4, -0.2) is 35.3 Å². The fourth-order valence-electron chi connectivity index (χ4n) is 3.75. The number of fused-ring (bicyclic) bond motifs is 1. The summed E-state index contributed by atoms with van der Waals surface area (Å²) in [6.45, 7) is 4.06.